The standard InChI is InChI=1S/H3N.Na.2H3O4P.4H2O.H/c;;2*1-5(2,3)4;;;;;/h1H3;;2*(H3,1,2,3,4);4*1H2;/q;+1;;;;;;;-1. The Bertz CT molecular complexity index is 137. The largest absolute Gasteiger partial charge is 1.00 e. The van der Waals surface area contributed by atoms with Gasteiger partial charge in [0.15, 0.2) is 0 Å². The first-order valence-corrected chi connectivity index (χ1v) is 4.70. The summed E-state index contributed by atoms with van der Waals surface area (Å²) in [5, 5.41) is 0. The minimum Gasteiger partial charge on any atom is -1.00 e. The summed E-state index contributed by atoms with van der Waals surface area (Å²) in [5.41, 5.74) is 0. The summed E-state index contributed by atoms with van der Waals surface area (Å²) in [5.74, 6) is 0. The maximum absolute atomic E-state index is 8.88. The second-order valence-electron chi connectivity index (χ2n) is 1.03. The molecule has 0 rings (SSSR count). The summed E-state index contributed by atoms with van der Waals surface area (Å²) >= 11 is 0. The van der Waals surface area contributed by atoms with Crippen molar-refractivity contribution in [1.82, 2.24) is 6.15 Å². The first kappa shape index (κ1) is 53.7. The molecular formula is H18NNaO12P2. The molecule has 0 saturated heterocycles. The average Bonchev–Trinajstić information content (AvgIpc) is 1.12. The fraction of sp³-hybridized carbons (Fsp3) is 0. The summed E-state index contributed by atoms with van der Waals surface area (Å²) in [6.07, 6.45) is 0. The van der Waals surface area contributed by atoms with Crippen molar-refractivity contribution in [2.24, 2.45) is 0 Å². The van der Waals surface area contributed by atoms with Crippen molar-refractivity contribution in [2.45, 2.75) is 0 Å². The van der Waals surface area contributed by atoms with E-state index in [-0.39, 0.29) is 59.0 Å². The molecular weight excluding hydrogens is 291 g/mol. The Morgan fingerprint density at radius 2 is 0.625 bits per heavy atom. The SMILES string of the molecule is N.O.O.O.O.O=P(O)(O)O.O=P(O)(O)O.[H-].[Na+]. The molecule has 17 N–H and O–H groups in total. The van der Waals surface area contributed by atoms with Crippen molar-refractivity contribution >= 4 is 15.6 Å². The van der Waals surface area contributed by atoms with Gasteiger partial charge in [0.25, 0.3) is 0 Å². The van der Waals surface area contributed by atoms with Crippen LogP contribution in [0.25, 0.3) is 0 Å². The van der Waals surface area contributed by atoms with Crippen LogP contribution in [0.3, 0.4) is 0 Å². The molecule has 0 radical (unpaired) electrons. The van der Waals surface area contributed by atoms with Gasteiger partial charge >= 0.3 is 45.2 Å². The molecule has 0 saturated carbocycles. The van der Waals surface area contributed by atoms with Gasteiger partial charge in [-0.1, -0.05) is 0 Å². The van der Waals surface area contributed by atoms with E-state index in [1.165, 1.54) is 0 Å². The van der Waals surface area contributed by atoms with Crippen LogP contribution in [0.1, 0.15) is 1.43 Å². The molecule has 0 aromatic heterocycles. The van der Waals surface area contributed by atoms with Gasteiger partial charge in [0.2, 0.25) is 0 Å². The molecule has 0 heterocycles. The quantitative estimate of drug-likeness (QED) is 0.164. The molecule has 0 aromatic rings. The van der Waals surface area contributed by atoms with Crippen LogP contribution >= 0.6 is 15.6 Å². The molecule has 16 heavy (non-hydrogen) atoms. The second-order valence-corrected chi connectivity index (χ2v) is 3.08. The van der Waals surface area contributed by atoms with Crippen LogP contribution in [0.5, 0.6) is 0 Å². The fourth-order valence-corrected chi connectivity index (χ4v) is 0. The van der Waals surface area contributed by atoms with Gasteiger partial charge in [-0.2, -0.15) is 0 Å². The van der Waals surface area contributed by atoms with E-state index in [0.717, 1.165) is 0 Å². The topological polar surface area (TPSA) is 317 Å². The Morgan fingerprint density at radius 1 is 0.625 bits per heavy atom. The number of rotatable bonds is 0. The predicted octanol–water partition coefficient (Wildman–Crippen LogP) is -7.88. The van der Waals surface area contributed by atoms with Crippen LogP contribution in [0.2, 0.25) is 0 Å². The number of phosphoric acid groups is 2. The normalized spacial score (nSPS) is 7.38. The van der Waals surface area contributed by atoms with E-state index in [9.17, 15) is 0 Å². The van der Waals surface area contributed by atoms with Crippen molar-refractivity contribution in [2.75, 3.05) is 0 Å². The monoisotopic (exact) mass is 309 g/mol. The van der Waals surface area contributed by atoms with Crippen LogP contribution in [-0.2, 0) is 9.13 Å². The van der Waals surface area contributed by atoms with E-state index in [0.29, 0.717) is 0 Å². The molecule has 0 aliphatic rings. The van der Waals surface area contributed by atoms with E-state index in [2.05, 4.69) is 0 Å². The van der Waals surface area contributed by atoms with Gasteiger partial charge in [-0.25, -0.2) is 9.13 Å². The number of hydrogen-bond acceptors (Lipinski definition) is 3. The zero-order valence-electron chi connectivity index (χ0n) is 9.10. The third kappa shape index (κ3) is 2840. The van der Waals surface area contributed by atoms with Gasteiger partial charge < -0.3 is 58.8 Å². The Morgan fingerprint density at radius 3 is 0.625 bits per heavy atom. The molecule has 0 aliphatic heterocycles. The third-order valence-electron chi connectivity index (χ3n) is 0. The average molecular weight is 309 g/mol. The van der Waals surface area contributed by atoms with Crippen molar-refractivity contribution in [3.63, 3.8) is 0 Å². The molecule has 13 nitrogen and oxygen atoms in total. The Labute approximate surface area is 113 Å². The third-order valence-corrected chi connectivity index (χ3v) is 0. The van der Waals surface area contributed by atoms with Gasteiger partial charge in [-0.3, -0.25) is 0 Å². The fourth-order valence-electron chi connectivity index (χ4n) is 0. The second kappa shape index (κ2) is 21.3. The summed E-state index contributed by atoms with van der Waals surface area (Å²) in [7, 11) is -9.28. The van der Waals surface area contributed by atoms with E-state index in [4.69, 9.17) is 38.5 Å². The van der Waals surface area contributed by atoms with Crippen molar-refractivity contribution in [3.05, 3.63) is 0 Å². The van der Waals surface area contributed by atoms with Crippen molar-refractivity contribution in [3.8, 4) is 0 Å². The molecule has 0 bridgehead atoms. The number of hydrogen-bond donors (Lipinski definition) is 7. The van der Waals surface area contributed by atoms with Crippen LogP contribution in [0.4, 0.5) is 0 Å². The van der Waals surface area contributed by atoms with E-state index in [1.54, 1.807) is 0 Å². The molecule has 0 fully saturated rings. The van der Waals surface area contributed by atoms with Gasteiger partial charge in [0.05, 0.1) is 0 Å². The Balaban J connectivity index is -0.00000000762. The molecule has 0 unspecified atom stereocenters. The first-order valence-electron chi connectivity index (χ1n) is 1.57. The Kier molecular flexibility index (Phi) is 71.5. The summed E-state index contributed by atoms with van der Waals surface area (Å²) < 4.78 is 17.8. The molecule has 0 atom stereocenters. The van der Waals surface area contributed by atoms with E-state index in [1.807, 2.05) is 0 Å². The Hall–Kier alpha value is 1.02. The first-order chi connectivity index (χ1) is 4.00. The summed E-state index contributed by atoms with van der Waals surface area (Å²) in [6, 6.07) is 0. The summed E-state index contributed by atoms with van der Waals surface area (Å²) in [6.45, 7) is 0. The summed E-state index contributed by atoms with van der Waals surface area (Å²) in [4.78, 5) is 43.1. The maximum Gasteiger partial charge on any atom is 1.00 e. The molecule has 0 aliphatic carbocycles. The molecule has 106 valence electrons. The van der Waals surface area contributed by atoms with E-state index < -0.39 is 15.6 Å². The molecule has 0 amide bonds. The minimum absolute atomic E-state index is 0. The van der Waals surface area contributed by atoms with Crippen LogP contribution in [0.15, 0.2) is 0 Å². The van der Waals surface area contributed by atoms with Crippen LogP contribution < -0.4 is 35.7 Å². The minimum atomic E-state index is -4.64. The molecule has 16 heteroatoms. The van der Waals surface area contributed by atoms with Gasteiger partial charge in [-0.15, -0.1) is 0 Å². The van der Waals surface area contributed by atoms with Crippen LogP contribution in [-0.4, -0.2) is 51.3 Å². The zero-order chi connectivity index (χ0) is 9.00. The van der Waals surface area contributed by atoms with Crippen molar-refractivity contribution in [1.29, 1.82) is 0 Å². The van der Waals surface area contributed by atoms with Gasteiger partial charge in [0.1, 0.15) is 0 Å². The predicted molar refractivity (Wildman–Crippen MR) is 49.1 cm³/mol. The molecule has 0 spiro atoms. The van der Waals surface area contributed by atoms with Gasteiger partial charge in [0, 0.05) is 0 Å². The zero-order valence-corrected chi connectivity index (χ0v) is 11.9. The van der Waals surface area contributed by atoms with E-state index >= 15 is 0 Å². The smallest absolute Gasteiger partial charge is 1.00 e. The van der Waals surface area contributed by atoms with Crippen LogP contribution in [0, 0.1) is 0 Å². The molecule has 0 aromatic carbocycles. The van der Waals surface area contributed by atoms with Crippen molar-refractivity contribution < 1.29 is 91.4 Å². The maximum atomic E-state index is 8.88. The van der Waals surface area contributed by atoms with Gasteiger partial charge in [-0.05, 0) is 0 Å².